The summed E-state index contributed by atoms with van der Waals surface area (Å²) in [6.45, 7) is 7.76. The average Bonchev–Trinajstić information content (AvgIpc) is 2.29. The second-order valence-electron chi connectivity index (χ2n) is 4.64. The van der Waals surface area contributed by atoms with E-state index in [0.29, 0.717) is 0 Å². The van der Waals surface area contributed by atoms with Crippen LogP contribution in [-0.4, -0.2) is 11.9 Å². The van der Waals surface area contributed by atoms with E-state index in [9.17, 15) is 4.79 Å². The smallest absolute Gasteiger partial charge is 0.262 e. The minimum atomic E-state index is -0.328. The van der Waals surface area contributed by atoms with Crippen molar-refractivity contribution in [2.75, 3.05) is 0 Å². The van der Waals surface area contributed by atoms with Gasteiger partial charge in [-0.15, -0.1) is 0 Å². The van der Waals surface area contributed by atoms with Gasteiger partial charge in [0, 0.05) is 6.04 Å². The predicted octanol–water partition coefficient (Wildman–Crippen LogP) is 2.74. The molecule has 0 unspecified atom stereocenters. The van der Waals surface area contributed by atoms with Crippen molar-refractivity contribution in [1.29, 1.82) is 5.26 Å². The number of rotatable bonds is 3. The van der Waals surface area contributed by atoms with Crippen LogP contribution in [0.5, 0.6) is 0 Å². The molecule has 0 aliphatic carbocycles. The molecule has 3 heteroatoms. The number of benzene rings is 1. The lowest BCUT2D eigenvalue weighted by atomic mass is 10.0. The van der Waals surface area contributed by atoms with Crippen molar-refractivity contribution >= 4 is 12.0 Å². The lowest BCUT2D eigenvalue weighted by molar-refractivity contribution is -0.117. The molecule has 0 saturated heterocycles. The monoisotopic (exact) mass is 242 g/mol. The van der Waals surface area contributed by atoms with E-state index in [1.807, 2.05) is 52.0 Å². The molecule has 0 aliphatic heterocycles. The Hall–Kier alpha value is -2.08. The summed E-state index contributed by atoms with van der Waals surface area (Å²) in [6.07, 6.45) is 1.62. The molecule has 0 heterocycles. The summed E-state index contributed by atoms with van der Waals surface area (Å²) < 4.78 is 0. The van der Waals surface area contributed by atoms with Gasteiger partial charge >= 0.3 is 0 Å². The topological polar surface area (TPSA) is 52.9 Å². The molecule has 0 aliphatic rings. The fraction of sp³-hybridized carbons (Fsp3) is 0.333. The molecule has 1 aromatic rings. The molecule has 0 spiro atoms. The second kappa shape index (κ2) is 6.02. The Balaban J connectivity index is 3.01. The minimum absolute atomic E-state index is 0.0222. The van der Waals surface area contributed by atoms with Gasteiger partial charge in [0.15, 0.2) is 0 Å². The Bertz CT molecular complexity index is 522. The Morgan fingerprint density at radius 2 is 2.00 bits per heavy atom. The lowest BCUT2D eigenvalue weighted by Gasteiger charge is -2.07. The normalized spacial score (nSPS) is 11.2. The molecule has 0 aromatic heterocycles. The molecule has 1 rings (SSSR count). The van der Waals surface area contributed by atoms with Gasteiger partial charge in [0.2, 0.25) is 0 Å². The molecular formula is C15H18N2O. The Morgan fingerprint density at radius 3 is 2.50 bits per heavy atom. The highest BCUT2D eigenvalue weighted by Gasteiger charge is 2.09. The van der Waals surface area contributed by atoms with E-state index in [4.69, 9.17) is 5.26 Å². The third-order valence-electron chi connectivity index (χ3n) is 2.63. The van der Waals surface area contributed by atoms with E-state index in [1.54, 1.807) is 6.08 Å². The Morgan fingerprint density at radius 1 is 1.33 bits per heavy atom. The van der Waals surface area contributed by atoms with Crippen LogP contribution >= 0.6 is 0 Å². The first-order chi connectivity index (χ1) is 8.43. The van der Waals surface area contributed by atoms with Crippen molar-refractivity contribution in [3.05, 3.63) is 40.5 Å². The molecular weight excluding hydrogens is 224 g/mol. The third kappa shape index (κ3) is 3.74. The number of aryl methyl sites for hydroxylation is 2. The Kier molecular flexibility index (Phi) is 4.67. The fourth-order valence-corrected chi connectivity index (χ4v) is 1.51. The van der Waals surface area contributed by atoms with Crippen LogP contribution in [0.3, 0.4) is 0 Å². The highest BCUT2D eigenvalue weighted by Crippen LogP contribution is 2.13. The molecule has 1 amide bonds. The van der Waals surface area contributed by atoms with Crippen molar-refractivity contribution in [1.82, 2.24) is 5.32 Å². The van der Waals surface area contributed by atoms with E-state index in [2.05, 4.69) is 5.32 Å². The molecule has 1 aromatic carbocycles. The Labute approximate surface area is 108 Å². The number of nitrogens with zero attached hydrogens (tertiary/aromatic N) is 1. The van der Waals surface area contributed by atoms with Crippen molar-refractivity contribution in [2.45, 2.75) is 33.7 Å². The number of nitrogens with one attached hydrogen (secondary N) is 1. The van der Waals surface area contributed by atoms with Crippen LogP contribution in [0.2, 0.25) is 0 Å². The van der Waals surface area contributed by atoms with Crippen LogP contribution < -0.4 is 5.32 Å². The van der Waals surface area contributed by atoms with E-state index < -0.39 is 0 Å². The third-order valence-corrected chi connectivity index (χ3v) is 2.63. The maximum absolute atomic E-state index is 11.7. The number of carbonyl (C=O) groups excluding carboxylic acids is 1. The first-order valence-electron chi connectivity index (χ1n) is 5.94. The SMILES string of the molecule is Cc1ccc(/C=C(\C#N)C(=O)NC(C)C)cc1C. The fourth-order valence-electron chi connectivity index (χ4n) is 1.51. The summed E-state index contributed by atoms with van der Waals surface area (Å²) in [6, 6.07) is 7.82. The van der Waals surface area contributed by atoms with Gasteiger partial charge in [0.05, 0.1) is 0 Å². The summed E-state index contributed by atoms with van der Waals surface area (Å²) >= 11 is 0. The highest BCUT2D eigenvalue weighted by molar-refractivity contribution is 6.01. The molecule has 0 bridgehead atoms. The molecule has 0 radical (unpaired) electrons. The summed E-state index contributed by atoms with van der Waals surface area (Å²) in [7, 11) is 0. The van der Waals surface area contributed by atoms with Crippen molar-refractivity contribution in [2.24, 2.45) is 0 Å². The number of carbonyl (C=O) groups is 1. The zero-order valence-electron chi connectivity index (χ0n) is 11.2. The van der Waals surface area contributed by atoms with Gasteiger partial charge in [-0.05, 0) is 50.5 Å². The van der Waals surface area contributed by atoms with E-state index >= 15 is 0 Å². The van der Waals surface area contributed by atoms with Crippen LogP contribution in [0.1, 0.15) is 30.5 Å². The standard InChI is InChI=1S/C15H18N2O/c1-10(2)17-15(18)14(9-16)8-13-6-5-11(3)12(4)7-13/h5-8,10H,1-4H3,(H,17,18)/b14-8+. The van der Waals surface area contributed by atoms with Crippen molar-refractivity contribution in [3.63, 3.8) is 0 Å². The predicted molar refractivity (Wildman–Crippen MR) is 72.8 cm³/mol. The molecule has 0 fully saturated rings. The van der Waals surface area contributed by atoms with Crippen LogP contribution in [0, 0.1) is 25.2 Å². The van der Waals surface area contributed by atoms with Gasteiger partial charge in [-0.1, -0.05) is 18.2 Å². The van der Waals surface area contributed by atoms with Crippen molar-refractivity contribution < 1.29 is 4.79 Å². The number of hydrogen-bond donors (Lipinski definition) is 1. The van der Waals surface area contributed by atoms with Crippen LogP contribution in [0.15, 0.2) is 23.8 Å². The minimum Gasteiger partial charge on any atom is -0.349 e. The molecule has 1 N–H and O–H groups in total. The number of nitriles is 1. The molecule has 94 valence electrons. The van der Waals surface area contributed by atoms with E-state index in [-0.39, 0.29) is 17.5 Å². The lowest BCUT2D eigenvalue weighted by Crippen LogP contribution is -2.30. The van der Waals surface area contributed by atoms with E-state index in [1.165, 1.54) is 5.56 Å². The van der Waals surface area contributed by atoms with Crippen LogP contribution in [0.4, 0.5) is 0 Å². The highest BCUT2D eigenvalue weighted by atomic mass is 16.1. The first-order valence-corrected chi connectivity index (χ1v) is 5.94. The summed E-state index contributed by atoms with van der Waals surface area (Å²) in [5, 5.41) is 11.7. The van der Waals surface area contributed by atoms with Crippen molar-refractivity contribution in [3.8, 4) is 6.07 Å². The van der Waals surface area contributed by atoms with Gasteiger partial charge in [-0.3, -0.25) is 4.79 Å². The van der Waals surface area contributed by atoms with Gasteiger partial charge in [0.1, 0.15) is 11.6 Å². The maximum Gasteiger partial charge on any atom is 0.262 e. The molecule has 3 nitrogen and oxygen atoms in total. The zero-order chi connectivity index (χ0) is 13.7. The van der Waals surface area contributed by atoms with Gasteiger partial charge in [0.25, 0.3) is 5.91 Å². The maximum atomic E-state index is 11.7. The van der Waals surface area contributed by atoms with Crippen LogP contribution in [0.25, 0.3) is 6.08 Å². The van der Waals surface area contributed by atoms with Gasteiger partial charge in [-0.2, -0.15) is 5.26 Å². The van der Waals surface area contributed by atoms with Crippen LogP contribution in [-0.2, 0) is 4.79 Å². The number of hydrogen-bond acceptors (Lipinski definition) is 2. The quantitative estimate of drug-likeness (QED) is 0.654. The first kappa shape index (κ1) is 14.0. The molecule has 0 saturated carbocycles. The molecule has 0 atom stereocenters. The molecule has 18 heavy (non-hydrogen) atoms. The number of amides is 1. The van der Waals surface area contributed by atoms with Gasteiger partial charge < -0.3 is 5.32 Å². The second-order valence-corrected chi connectivity index (χ2v) is 4.64. The average molecular weight is 242 g/mol. The largest absolute Gasteiger partial charge is 0.349 e. The zero-order valence-corrected chi connectivity index (χ0v) is 11.2. The summed E-state index contributed by atoms with van der Waals surface area (Å²) in [5.41, 5.74) is 3.34. The van der Waals surface area contributed by atoms with Gasteiger partial charge in [-0.25, -0.2) is 0 Å². The summed E-state index contributed by atoms with van der Waals surface area (Å²) in [4.78, 5) is 11.7. The summed E-state index contributed by atoms with van der Waals surface area (Å²) in [5.74, 6) is -0.328. The van der Waals surface area contributed by atoms with E-state index in [0.717, 1.165) is 11.1 Å².